The summed E-state index contributed by atoms with van der Waals surface area (Å²) >= 11 is 0. The Kier molecular flexibility index (Phi) is 4.53. The molecule has 5 nitrogen and oxygen atoms in total. The van der Waals surface area contributed by atoms with E-state index in [0.29, 0.717) is 18.1 Å². The summed E-state index contributed by atoms with van der Waals surface area (Å²) in [4.78, 5) is 16.1. The van der Waals surface area contributed by atoms with Crippen LogP contribution in [0.3, 0.4) is 0 Å². The minimum Gasteiger partial charge on any atom is -0.452 e. The molecule has 0 fully saturated rings. The van der Waals surface area contributed by atoms with Crippen molar-refractivity contribution in [1.82, 2.24) is 4.98 Å². The molecule has 0 saturated heterocycles. The summed E-state index contributed by atoms with van der Waals surface area (Å²) in [6.07, 6.45) is 0. The fraction of sp³-hybridized carbons (Fsp3) is 0.333. The van der Waals surface area contributed by atoms with Gasteiger partial charge in [-0.05, 0) is 31.5 Å². The third-order valence-electron chi connectivity index (χ3n) is 2.87. The van der Waals surface area contributed by atoms with Gasteiger partial charge in [0.25, 0.3) is 0 Å². The second-order valence-corrected chi connectivity index (χ2v) is 4.46. The van der Waals surface area contributed by atoms with Crippen molar-refractivity contribution in [2.45, 2.75) is 27.1 Å². The number of aryl methyl sites for hydroxylation is 2. The molecule has 0 aliphatic rings. The standard InChI is InChI=1S/C15H17NO4/c1-10-11(2)20-14(16-10)9-19-15(17)13-6-4-5-12(7-13)8-18-3/h4-7H,8-9H2,1-3H3. The van der Waals surface area contributed by atoms with Gasteiger partial charge in [-0.25, -0.2) is 9.78 Å². The van der Waals surface area contributed by atoms with E-state index in [0.717, 1.165) is 17.0 Å². The first kappa shape index (κ1) is 14.3. The smallest absolute Gasteiger partial charge is 0.338 e. The van der Waals surface area contributed by atoms with Crippen LogP contribution in [0.15, 0.2) is 28.7 Å². The van der Waals surface area contributed by atoms with E-state index in [1.165, 1.54) is 0 Å². The van der Waals surface area contributed by atoms with Crippen molar-refractivity contribution in [3.63, 3.8) is 0 Å². The largest absolute Gasteiger partial charge is 0.452 e. The van der Waals surface area contributed by atoms with Crippen LogP contribution in [0.4, 0.5) is 0 Å². The molecule has 0 saturated carbocycles. The maximum Gasteiger partial charge on any atom is 0.338 e. The van der Waals surface area contributed by atoms with Gasteiger partial charge >= 0.3 is 5.97 Å². The molecule has 0 bridgehead atoms. The van der Waals surface area contributed by atoms with E-state index in [2.05, 4.69) is 4.98 Å². The first-order valence-electron chi connectivity index (χ1n) is 6.28. The van der Waals surface area contributed by atoms with Gasteiger partial charge < -0.3 is 13.9 Å². The van der Waals surface area contributed by atoms with E-state index in [-0.39, 0.29) is 6.61 Å². The van der Waals surface area contributed by atoms with Crippen LogP contribution in [-0.4, -0.2) is 18.1 Å². The average Bonchev–Trinajstić information content (AvgIpc) is 2.76. The lowest BCUT2D eigenvalue weighted by atomic mass is 10.1. The Bertz CT molecular complexity index is 584. The molecule has 20 heavy (non-hydrogen) atoms. The Morgan fingerprint density at radius 1 is 1.30 bits per heavy atom. The van der Waals surface area contributed by atoms with Gasteiger partial charge in [0.1, 0.15) is 5.76 Å². The molecule has 0 aliphatic heterocycles. The summed E-state index contributed by atoms with van der Waals surface area (Å²) in [7, 11) is 1.61. The number of aromatic nitrogens is 1. The zero-order valence-corrected chi connectivity index (χ0v) is 11.8. The predicted molar refractivity (Wildman–Crippen MR) is 72.3 cm³/mol. The summed E-state index contributed by atoms with van der Waals surface area (Å²) in [5, 5.41) is 0. The lowest BCUT2D eigenvalue weighted by molar-refractivity contribution is 0.0436. The lowest BCUT2D eigenvalue weighted by Gasteiger charge is -2.04. The zero-order chi connectivity index (χ0) is 14.5. The number of hydrogen-bond acceptors (Lipinski definition) is 5. The van der Waals surface area contributed by atoms with Gasteiger partial charge in [-0.15, -0.1) is 0 Å². The summed E-state index contributed by atoms with van der Waals surface area (Å²) in [6, 6.07) is 7.14. The molecule has 0 aliphatic carbocycles. The number of esters is 1. The third-order valence-corrected chi connectivity index (χ3v) is 2.87. The highest BCUT2D eigenvalue weighted by atomic mass is 16.5. The molecule has 0 unspecified atom stereocenters. The minimum absolute atomic E-state index is 0.0298. The van der Waals surface area contributed by atoms with Crippen molar-refractivity contribution in [1.29, 1.82) is 0 Å². The molecule has 0 spiro atoms. The molecule has 0 atom stereocenters. The second-order valence-electron chi connectivity index (χ2n) is 4.46. The van der Waals surface area contributed by atoms with E-state index < -0.39 is 5.97 Å². The fourth-order valence-electron chi connectivity index (χ4n) is 1.77. The number of carbonyl (C=O) groups is 1. The van der Waals surface area contributed by atoms with Crippen molar-refractivity contribution in [2.75, 3.05) is 7.11 Å². The quantitative estimate of drug-likeness (QED) is 0.785. The van der Waals surface area contributed by atoms with E-state index in [4.69, 9.17) is 13.9 Å². The number of oxazole rings is 1. The molecule has 5 heteroatoms. The Hall–Kier alpha value is -2.14. The van der Waals surface area contributed by atoms with E-state index in [1.807, 2.05) is 19.9 Å². The number of carbonyl (C=O) groups excluding carboxylic acids is 1. The number of nitrogens with zero attached hydrogens (tertiary/aromatic N) is 1. The molecule has 1 heterocycles. The highest BCUT2D eigenvalue weighted by Crippen LogP contribution is 2.12. The summed E-state index contributed by atoms with van der Waals surface area (Å²) in [6.45, 7) is 4.15. The van der Waals surface area contributed by atoms with Crippen LogP contribution >= 0.6 is 0 Å². The molecule has 1 aromatic heterocycles. The highest BCUT2D eigenvalue weighted by molar-refractivity contribution is 5.89. The van der Waals surface area contributed by atoms with Gasteiger partial charge in [0.2, 0.25) is 5.89 Å². The van der Waals surface area contributed by atoms with Crippen molar-refractivity contribution in [3.05, 3.63) is 52.7 Å². The molecular formula is C15H17NO4. The summed E-state index contributed by atoms with van der Waals surface area (Å²) in [5.74, 6) is 0.732. The lowest BCUT2D eigenvalue weighted by Crippen LogP contribution is -2.06. The molecule has 0 radical (unpaired) electrons. The second kappa shape index (κ2) is 6.34. The van der Waals surface area contributed by atoms with Crippen LogP contribution in [0.25, 0.3) is 0 Å². The van der Waals surface area contributed by atoms with Crippen molar-refractivity contribution < 1.29 is 18.7 Å². The molecular weight excluding hydrogens is 258 g/mol. The van der Waals surface area contributed by atoms with Gasteiger partial charge in [-0.1, -0.05) is 12.1 Å². The first-order valence-corrected chi connectivity index (χ1v) is 6.28. The van der Waals surface area contributed by atoms with Gasteiger partial charge in [-0.2, -0.15) is 0 Å². The first-order chi connectivity index (χ1) is 9.60. The highest BCUT2D eigenvalue weighted by Gasteiger charge is 2.11. The van der Waals surface area contributed by atoms with Crippen LogP contribution in [0, 0.1) is 13.8 Å². The zero-order valence-electron chi connectivity index (χ0n) is 11.8. The SMILES string of the molecule is COCc1cccc(C(=O)OCc2nc(C)c(C)o2)c1. The number of ether oxygens (including phenoxy) is 2. The number of methoxy groups -OCH3 is 1. The molecule has 0 N–H and O–H groups in total. The number of rotatable bonds is 5. The molecule has 0 amide bonds. The maximum atomic E-state index is 11.9. The van der Waals surface area contributed by atoms with Crippen LogP contribution in [-0.2, 0) is 22.7 Å². The van der Waals surface area contributed by atoms with Gasteiger partial charge in [0.15, 0.2) is 6.61 Å². The van der Waals surface area contributed by atoms with Gasteiger partial charge in [0.05, 0.1) is 17.9 Å². The average molecular weight is 275 g/mol. The van der Waals surface area contributed by atoms with E-state index in [9.17, 15) is 4.79 Å². The Morgan fingerprint density at radius 2 is 2.10 bits per heavy atom. The molecule has 2 aromatic rings. The number of benzene rings is 1. The summed E-state index contributed by atoms with van der Waals surface area (Å²) in [5.41, 5.74) is 2.21. The molecule has 106 valence electrons. The van der Waals surface area contributed by atoms with Crippen LogP contribution < -0.4 is 0 Å². The van der Waals surface area contributed by atoms with Gasteiger partial charge in [-0.3, -0.25) is 0 Å². The van der Waals surface area contributed by atoms with Crippen molar-refractivity contribution >= 4 is 5.97 Å². The Balaban J connectivity index is 1.99. The minimum atomic E-state index is -0.406. The van der Waals surface area contributed by atoms with Gasteiger partial charge in [0, 0.05) is 7.11 Å². The molecule has 2 rings (SSSR count). The normalized spacial score (nSPS) is 10.6. The predicted octanol–water partition coefficient (Wildman–Crippen LogP) is 2.79. The van der Waals surface area contributed by atoms with Crippen LogP contribution in [0.1, 0.15) is 33.3 Å². The van der Waals surface area contributed by atoms with Crippen molar-refractivity contribution in [2.24, 2.45) is 0 Å². The topological polar surface area (TPSA) is 61.6 Å². The van der Waals surface area contributed by atoms with Crippen molar-refractivity contribution in [3.8, 4) is 0 Å². The van der Waals surface area contributed by atoms with Crippen LogP contribution in [0.5, 0.6) is 0 Å². The third kappa shape index (κ3) is 3.45. The molecule has 1 aromatic carbocycles. The monoisotopic (exact) mass is 275 g/mol. The van der Waals surface area contributed by atoms with E-state index in [1.54, 1.807) is 25.3 Å². The Morgan fingerprint density at radius 3 is 2.75 bits per heavy atom. The Labute approximate surface area is 117 Å². The fourth-order valence-corrected chi connectivity index (χ4v) is 1.77. The number of hydrogen-bond donors (Lipinski definition) is 0. The maximum absolute atomic E-state index is 11.9. The van der Waals surface area contributed by atoms with E-state index >= 15 is 0 Å². The van der Waals surface area contributed by atoms with Crippen LogP contribution in [0.2, 0.25) is 0 Å². The summed E-state index contributed by atoms with van der Waals surface area (Å²) < 4.78 is 15.6.